The molecule has 12 heavy (non-hydrogen) atoms. The Hall–Kier alpha value is -0.370. The van der Waals surface area contributed by atoms with Gasteiger partial charge >= 0.3 is 0 Å². The summed E-state index contributed by atoms with van der Waals surface area (Å²) in [6, 6.07) is -0.00957. The van der Waals surface area contributed by atoms with Crippen LogP contribution in [0.3, 0.4) is 0 Å². The molecule has 0 aliphatic carbocycles. The Morgan fingerprint density at radius 3 is 2.08 bits per heavy atom. The molecule has 2 atom stereocenters. The number of carbonyl (C=O) groups excluding carboxylic acids is 1. The molecular weight excluding hydrogens is 150 g/mol. The summed E-state index contributed by atoms with van der Waals surface area (Å²) in [6.07, 6.45) is 1.66. The maximum absolute atomic E-state index is 11.4. The van der Waals surface area contributed by atoms with Gasteiger partial charge < -0.3 is 5.73 Å². The van der Waals surface area contributed by atoms with E-state index in [0.717, 1.165) is 6.42 Å². The van der Waals surface area contributed by atoms with Crippen molar-refractivity contribution in [2.45, 2.75) is 46.6 Å². The van der Waals surface area contributed by atoms with Crippen LogP contribution in [0, 0.1) is 11.8 Å². The van der Waals surface area contributed by atoms with Crippen LogP contribution >= 0.6 is 0 Å². The van der Waals surface area contributed by atoms with Crippen molar-refractivity contribution in [3.05, 3.63) is 0 Å². The SMILES string of the molecule is CC(C)CCC(=O)C(C)C(C)N. The highest BCUT2D eigenvalue weighted by atomic mass is 16.1. The van der Waals surface area contributed by atoms with Crippen molar-refractivity contribution in [1.82, 2.24) is 0 Å². The quantitative estimate of drug-likeness (QED) is 0.687. The number of Topliss-reactive ketones (excluding diaryl/α,β-unsaturated/α-hetero) is 1. The predicted octanol–water partition coefficient (Wildman–Crippen LogP) is 1.98. The molecule has 0 saturated carbocycles. The van der Waals surface area contributed by atoms with Crippen LogP contribution < -0.4 is 5.73 Å². The van der Waals surface area contributed by atoms with Crippen LogP contribution in [0.1, 0.15) is 40.5 Å². The molecular formula is C10H21NO. The molecule has 0 aromatic heterocycles. The van der Waals surface area contributed by atoms with Crippen LogP contribution in [0.25, 0.3) is 0 Å². The lowest BCUT2D eigenvalue weighted by Gasteiger charge is -2.14. The van der Waals surface area contributed by atoms with Gasteiger partial charge in [0.25, 0.3) is 0 Å². The van der Waals surface area contributed by atoms with Crippen LogP contribution in [0.4, 0.5) is 0 Å². The van der Waals surface area contributed by atoms with Crippen LogP contribution in [-0.4, -0.2) is 11.8 Å². The van der Waals surface area contributed by atoms with Gasteiger partial charge in [0.15, 0.2) is 0 Å². The Labute approximate surface area is 75.5 Å². The smallest absolute Gasteiger partial charge is 0.137 e. The van der Waals surface area contributed by atoms with E-state index in [4.69, 9.17) is 5.73 Å². The molecule has 2 N–H and O–H groups in total. The summed E-state index contributed by atoms with van der Waals surface area (Å²) >= 11 is 0. The summed E-state index contributed by atoms with van der Waals surface area (Å²) in [7, 11) is 0. The van der Waals surface area contributed by atoms with Crippen LogP contribution in [0.5, 0.6) is 0 Å². The maximum Gasteiger partial charge on any atom is 0.137 e. The second kappa shape index (κ2) is 5.31. The number of hydrogen-bond donors (Lipinski definition) is 1. The molecule has 0 aliphatic heterocycles. The molecule has 0 aromatic carbocycles. The van der Waals surface area contributed by atoms with E-state index < -0.39 is 0 Å². The second-order valence-electron chi connectivity index (χ2n) is 4.05. The summed E-state index contributed by atoms with van der Waals surface area (Å²) in [5.74, 6) is 0.927. The lowest BCUT2D eigenvalue weighted by Crippen LogP contribution is -2.30. The van der Waals surface area contributed by atoms with Crippen molar-refractivity contribution in [1.29, 1.82) is 0 Å². The van der Waals surface area contributed by atoms with Crippen molar-refractivity contribution in [3.63, 3.8) is 0 Å². The van der Waals surface area contributed by atoms with Crippen LogP contribution in [-0.2, 0) is 4.79 Å². The Morgan fingerprint density at radius 2 is 1.75 bits per heavy atom. The Kier molecular flexibility index (Phi) is 5.14. The first-order chi connectivity index (χ1) is 5.45. The van der Waals surface area contributed by atoms with Gasteiger partial charge in [-0.3, -0.25) is 4.79 Å². The van der Waals surface area contributed by atoms with Gasteiger partial charge in [-0.1, -0.05) is 20.8 Å². The molecule has 0 aliphatic rings. The third-order valence-corrected chi connectivity index (χ3v) is 2.26. The Bertz CT molecular complexity index is 141. The number of nitrogens with two attached hydrogens (primary N) is 1. The fraction of sp³-hybridized carbons (Fsp3) is 0.900. The summed E-state index contributed by atoms with van der Waals surface area (Å²) in [5, 5.41) is 0. The van der Waals surface area contributed by atoms with E-state index in [1.807, 2.05) is 13.8 Å². The number of rotatable bonds is 5. The zero-order chi connectivity index (χ0) is 9.72. The van der Waals surface area contributed by atoms with Gasteiger partial charge in [-0.2, -0.15) is 0 Å². The van der Waals surface area contributed by atoms with Crippen molar-refractivity contribution in [2.24, 2.45) is 17.6 Å². The maximum atomic E-state index is 11.4. The van der Waals surface area contributed by atoms with Crippen LogP contribution in [0.2, 0.25) is 0 Å². The Balaban J connectivity index is 3.72. The predicted molar refractivity (Wildman–Crippen MR) is 51.9 cm³/mol. The van der Waals surface area contributed by atoms with Crippen molar-refractivity contribution < 1.29 is 4.79 Å². The summed E-state index contributed by atoms with van der Waals surface area (Å²) in [6.45, 7) is 8.05. The highest BCUT2D eigenvalue weighted by Gasteiger charge is 2.16. The zero-order valence-corrected chi connectivity index (χ0v) is 8.63. The second-order valence-corrected chi connectivity index (χ2v) is 4.05. The largest absolute Gasteiger partial charge is 0.327 e. The van der Waals surface area contributed by atoms with Gasteiger partial charge in [0.1, 0.15) is 5.78 Å². The van der Waals surface area contributed by atoms with E-state index in [-0.39, 0.29) is 12.0 Å². The normalized spacial score (nSPS) is 16.2. The van der Waals surface area contributed by atoms with Gasteiger partial charge in [0.2, 0.25) is 0 Å². The zero-order valence-electron chi connectivity index (χ0n) is 8.63. The molecule has 0 aromatic rings. The molecule has 0 spiro atoms. The fourth-order valence-electron chi connectivity index (χ4n) is 0.952. The minimum atomic E-state index is -0.00957. The van der Waals surface area contributed by atoms with E-state index in [2.05, 4.69) is 13.8 Å². The highest BCUT2D eigenvalue weighted by Crippen LogP contribution is 2.10. The van der Waals surface area contributed by atoms with E-state index in [1.165, 1.54) is 0 Å². The monoisotopic (exact) mass is 171 g/mol. The number of carbonyl (C=O) groups is 1. The first kappa shape index (κ1) is 11.6. The van der Waals surface area contributed by atoms with Crippen LogP contribution in [0.15, 0.2) is 0 Å². The molecule has 0 radical (unpaired) electrons. The summed E-state index contributed by atoms with van der Waals surface area (Å²) in [4.78, 5) is 11.4. The lowest BCUT2D eigenvalue weighted by molar-refractivity contribution is -0.123. The summed E-state index contributed by atoms with van der Waals surface area (Å²) < 4.78 is 0. The third-order valence-electron chi connectivity index (χ3n) is 2.26. The van der Waals surface area contributed by atoms with E-state index >= 15 is 0 Å². The average Bonchev–Trinajstić information content (AvgIpc) is 1.98. The van der Waals surface area contributed by atoms with E-state index in [9.17, 15) is 4.79 Å². The van der Waals surface area contributed by atoms with Gasteiger partial charge in [-0.25, -0.2) is 0 Å². The lowest BCUT2D eigenvalue weighted by atomic mass is 9.94. The van der Waals surface area contributed by atoms with Gasteiger partial charge in [0, 0.05) is 18.4 Å². The fourth-order valence-corrected chi connectivity index (χ4v) is 0.952. The first-order valence-corrected chi connectivity index (χ1v) is 4.73. The molecule has 2 heteroatoms. The molecule has 2 nitrogen and oxygen atoms in total. The third kappa shape index (κ3) is 4.50. The minimum Gasteiger partial charge on any atom is -0.327 e. The molecule has 2 unspecified atom stereocenters. The number of ketones is 1. The average molecular weight is 171 g/mol. The van der Waals surface area contributed by atoms with Crippen molar-refractivity contribution >= 4 is 5.78 Å². The van der Waals surface area contributed by atoms with Crippen molar-refractivity contribution in [3.8, 4) is 0 Å². The molecule has 0 rings (SSSR count). The molecule has 0 heterocycles. The molecule has 72 valence electrons. The minimum absolute atomic E-state index is 0.00957. The molecule has 0 fully saturated rings. The molecule has 0 amide bonds. The molecule has 0 saturated heterocycles. The van der Waals surface area contributed by atoms with Gasteiger partial charge in [-0.15, -0.1) is 0 Å². The Morgan fingerprint density at radius 1 is 1.25 bits per heavy atom. The first-order valence-electron chi connectivity index (χ1n) is 4.73. The summed E-state index contributed by atoms with van der Waals surface area (Å²) in [5.41, 5.74) is 5.62. The number of hydrogen-bond acceptors (Lipinski definition) is 2. The highest BCUT2D eigenvalue weighted by molar-refractivity contribution is 5.81. The van der Waals surface area contributed by atoms with E-state index in [0.29, 0.717) is 18.1 Å². The molecule has 0 bridgehead atoms. The van der Waals surface area contributed by atoms with E-state index in [1.54, 1.807) is 0 Å². The van der Waals surface area contributed by atoms with Crippen molar-refractivity contribution in [2.75, 3.05) is 0 Å². The topological polar surface area (TPSA) is 43.1 Å². The van der Waals surface area contributed by atoms with Gasteiger partial charge in [0.05, 0.1) is 0 Å². The van der Waals surface area contributed by atoms with Gasteiger partial charge in [-0.05, 0) is 19.3 Å². The standard InChI is InChI=1S/C10H21NO/c1-7(2)5-6-10(12)8(3)9(4)11/h7-9H,5-6,11H2,1-4H3.